The molecule has 0 saturated heterocycles. The highest BCUT2D eigenvalue weighted by Crippen LogP contribution is 2.19. The van der Waals surface area contributed by atoms with E-state index in [0.717, 1.165) is 18.5 Å². The van der Waals surface area contributed by atoms with E-state index in [0.29, 0.717) is 17.4 Å². The van der Waals surface area contributed by atoms with E-state index in [4.69, 9.17) is 0 Å². The molecule has 5 nitrogen and oxygen atoms in total. The van der Waals surface area contributed by atoms with Gasteiger partial charge in [0.15, 0.2) is 5.13 Å². The molecule has 2 aromatic rings. The van der Waals surface area contributed by atoms with Gasteiger partial charge in [0.25, 0.3) is 5.91 Å². The Kier molecular flexibility index (Phi) is 4.85. The monoisotopic (exact) mass is 276 g/mol. The molecule has 0 radical (unpaired) electrons. The third-order valence-electron chi connectivity index (χ3n) is 2.47. The average Bonchev–Trinajstić information content (AvgIpc) is 2.89. The topological polar surface area (TPSA) is 66.9 Å². The quantitative estimate of drug-likeness (QED) is 0.796. The van der Waals surface area contributed by atoms with E-state index >= 15 is 0 Å². The molecule has 0 aromatic carbocycles. The number of thiazole rings is 1. The van der Waals surface area contributed by atoms with E-state index in [1.807, 2.05) is 12.1 Å². The zero-order valence-electron chi connectivity index (χ0n) is 10.7. The fourth-order valence-electron chi connectivity index (χ4n) is 1.46. The molecule has 100 valence electrons. The molecular formula is C13H16N4OS. The molecule has 0 aliphatic rings. The molecule has 0 aliphatic carbocycles. The highest BCUT2D eigenvalue weighted by Gasteiger charge is 2.09. The van der Waals surface area contributed by atoms with Gasteiger partial charge in [-0.2, -0.15) is 0 Å². The summed E-state index contributed by atoms with van der Waals surface area (Å²) in [6.45, 7) is 2.78. The first-order chi connectivity index (χ1) is 9.29. The van der Waals surface area contributed by atoms with Gasteiger partial charge < -0.3 is 10.6 Å². The van der Waals surface area contributed by atoms with Crippen molar-refractivity contribution >= 4 is 28.1 Å². The first-order valence-electron chi connectivity index (χ1n) is 6.20. The van der Waals surface area contributed by atoms with E-state index in [1.54, 1.807) is 17.8 Å². The van der Waals surface area contributed by atoms with Gasteiger partial charge in [-0.1, -0.05) is 13.3 Å². The number of unbranched alkanes of at least 4 members (excludes halogenated alkanes) is 1. The number of hydrogen-bond donors (Lipinski definition) is 2. The van der Waals surface area contributed by atoms with Crippen LogP contribution in [0, 0.1) is 0 Å². The number of pyridine rings is 1. The molecule has 2 rings (SSSR count). The summed E-state index contributed by atoms with van der Waals surface area (Å²) in [5, 5.41) is 8.39. The summed E-state index contributed by atoms with van der Waals surface area (Å²) >= 11 is 1.40. The van der Waals surface area contributed by atoms with Gasteiger partial charge in [-0.25, -0.2) is 4.98 Å². The van der Waals surface area contributed by atoms with Gasteiger partial charge in [0.2, 0.25) is 0 Å². The second kappa shape index (κ2) is 6.84. The van der Waals surface area contributed by atoms with Crippen molar-refractivity contribution in [1.82, 2.24) is 15.3 Å². The van der Waals surface area contributed by atoms with Gasteiger partial charge in [0.05, 0.1) is 11.9 Å². The molecule has 0 fully saturated rings. The Hall–Kier alpha value is -1.95. The first kappa shape index (κ1) is 13.5. The Morgan fingerprint density at radius 2 is 2.37 bits per heavy atom. The Labute approximate surface area is 116 Å². The Balaban J connectivity index is 1.93. The minimum atomic E-state index is -0.121. The standard InChI is InChI=1S/C13H16N4OS/c1-2-3-7-15-12(18)11-9-19-13(17-11)16-10-5-4-6-14-8-10/h4-6,8-9H,2-3,7H2,1H3,(H,15,18)(H,16,17). The number of nitrogens with one attached hydrogen (secondary N) is 2. The lowest BCUT2D eigenvalue weighted by Crippen LogP contribution is -2.24. The zero-order valence-corrected chi connectivity index (χ0v) is 11.5. The lowest BCUT2D eigenvalue weighted by molar-refractivity contribution is 0.0949. The second-order valence-electron chi connectivity index (χ2n) is 4.01. The molecule has 0 saturated carbocycles. The highest BCUT2D eigenvalue weighted by molar-refractivity contribution is 7.14. The van der Waals surface area contributed by atoms with Crippen molar-refractivity contribution in [2.45, 2.75) is 19.8 Å². The summed E-state index contributed by atoms with van der Waals surface area (Å²) in [5.41, 5.74) is 1.31. The zero-order chi connectivity index (χ0) is 13.5. The van der Waals surface area contributed by atoms with Crippen LogP contribution in [0.2, 0.25) is 0 Å². The maximum Gasteiger partial charge on any atom is 0.270 e. The van der Waals surface area contributed by atoms with Crippen LogP contribution >= 0.6 is 11.3 Å². The van der Waals surface area contributed by atoms with E-state index in [-0.39, 0.29) is 5.91 Å². The van der Waals surface area contributed by atoms with Crippen LogP contribution in [0.15, 0.2) is 29.9 Å². The molecule has 0 atom stereocenters. The van der Waals surface area contributed by atoms with Crippen LogP contribution in [-0.2, 0) is 0 Å². The molecule has 0 spiro atoms. The molecule has 0 aliphatic heterocycles. The molecule has 0 unspecified atom stereocenters. The van der Waals surface area contributed by atoms with Crippen molar-refractivity contribution in [1.29, 1.82) is 0 Å². The number of hydrogen-bond acceptors (Lipinski definition) is 5. The summed E-state index contributed by atoms with van der Waals surface area (Å²) in [5.74, 6) is -0.121. The summed E-state index contributed by atoms with van der Waals surface area (Å²) in [6, 6.07) is 3.74. The normalized spacial score (nSPS) is 10.2. The fraction of sp³-hybridized carbons (Fsp3) is 0.308. The predicted molar refractivity (Wildman–Crippen MR) is 76.9 cm³/mol. The van der Waals surface area contributed by atoms with Crippen molar-refractivity contribution in [2.75, 3.05) is 11.9 Å². The average molecular weight is 276 g/mol. The summed E-state index contributed by atoms with van der Waals surface area (Å²) in [6.07, 6.45) is 5.46. The van der Waals surface area contributed by atoms with E-state index < -0.39 is 0 Å². The Bertz CT molecular complexity index is 526. The minimum absolute atomic E-state index is 0.121. The number of rotatable bonds is 6. The molecule has 2 aromatic heterocycles. The van der Waals surface area contributed by atoms with E-state index in [1.165, 1.54) is 11.3 Å². The van der Waals surface area contributed by atoms with Crippen molar-refractivity contribution in [2.24, 2.45) is 0 Å². The largest absolute Gasteiger partial charge is 0.351 e. The van der Waals surface area contributed by atoms with Crippen LogP contribution in [0.1, 0.15) is 30.3 Å². The van der Waals surface area contributed by atoms with Crippen LogP contribution in [-0.4, -0.2) is 22.4 Å². The van der Waals surface area contributed by atoms with Crippen molar-refractivity contribution in [3.05, 3.63) is 35.6 Å². The van der Waals surface area contributed by atoms with Crippen LogP contribution in [0.5, 0.6) is 0 Å². The van der Waals surface area contributed by atoms with Crippen LogP contribution in [0.25, 0.3) is 0 Å². The molecule has 0 bridgehead atoms. The Morgan fingerprint density at radius 1 is 1.47 bits per heavy atom. The lowest BCUT2D eigenvalue weighted by atomic mass is 10.3. The van der Waals surface area contributed by atoms with Gasteiger partial charge in [-0.05, 0) is 18.6 Å². The number of amides is 1. The SMILES string of the molecule is CCCCNC(=O)c1csc(Nc2cccnc2)n1. The van der Waals surface area contributed by atoms with Gasteiger partial charge in [0.1, 0.15) is 5.69 Å². The smallest absolute Gasteiger partial charge is 0.270 e. The van der Waals surface area contributed by atoms with Crippen LogP contribution in [0.3, 0.4) is 0 Å². The van der Waals surface area contributed by atoms with Gasteiger partial charge in [-0.3, -0.25) is 9.78 Å². The van der Waals surface area contributed by atoms with Crippen molar-refractivity contribution in [3.8, 4) is 0 Å². The maximum atomic E-state index is 11.8. The van der Waals surface area contributed by atoms with Gasteiger partial charge in [0, 0.05) is 18.1 Å². The van der Waals surface area contributed by atoms with Crippen LogP contribution in [0.4, 0.5) is 10.8 Å². The van der Waals surface area contributed by atoms with E-state index in [9.17, 15) is 4.79 Å². The van der Waals surface area contributed by atoms with E-state index in [2.05, 4.69) is 27.5 Å². The van der Waals surface area contributed by atoms with Gasteiger partial charge >= 0.3 is 0 Å². The Morgan fingerprint density at radius 3 is 3.11 bits per heavy atom. The van der Waals surface area contributed by atoms with Gasteiger partial charge in [-0.15, -0.1) is 11.3 Å². The summed E-state index contributed by atoms with van der Waals surface area (Å²) in [7, 11) is 0. The summed E-state index contributed by atoms with van der Waals surface area (Å²) < 4.78 is 0. The third kappa shape index (κ3) is 4.03. The molecule has 6 heteroatoms. The molecule has 1 amide bonds. The van der Waals surface area contributed by atoms with Crippen molar-refractivity contribution < 1.29 is 4.79 Å². The first-order valence-corrected chi connectivity index (χ1v) is 7.08. The minimum Gasteiger partial charge on any atom is -0.351 e. The molecule has 2 heterocycles. The number of aromatic nitrogens is 2. The second-order valence-corrected chi connectivity index (χ2v) is 4.87. The molecule has 2 N–H and O–H groups in total. The summed E-state index contributed by atoms with van der Waals surface area (Å²) in [4.78, 5) is 20.0. The molecular weight excluding hydrogens is 260 g/mol. The number of anilines is 2. The predicted octanol–water partition coefficient (Wildman–Crippen LogP) is 2.81. The highest BCUT2D eigenvalue weighted by atomic mass is 32.1. The maximum absolute atomic E-state index is 11.8. The van der Waals surface area contributed by atoms with Crippen molar-refractivity contribution in [3.63, 3.8) is 0 Å². The number of carbonyl (C=O) groups excluding carboxylic acids is 1. The fourth-order valence-corrected chi connectivity index (χ4v) is 2.18. The molecule has 19 heavy (non-hydrogen) atoms. The number of nitrogens with zero attached hydrogens (tertiary/aromatic N) is 2. The number of carbonyl (C=O) groups is 1. The lowest BCUT2D eigenvalue weighted by Gasteiger charge is -2.01. The van der Waals surface area contributed by atoms with Crippen LogP contribution < -0.4 is 10.6 Å². The third-order valence-corrected chi connectivity index (χ3v) is 3.22.